The van der Waals surface area contributed by atoms with Crippen LogP contribution >= 0.6 is 0 Å². The van der Waals surface area contributed by atoms with Gasteiger partial charge in [0.2, 0.25) is 0 Å². The number of amides is 2. The number of hydrogen-bond donors (Lipinski definition) is 2. The van der Waals surface area contributed by atoms with Gasteiger partial charge in [0.25, 0.3) is 0 Å². The van der Waals surface area contributed by atoms with E-state index in [0.29, 0.717) is 6.04 Å². The third kappa shape index (κ3) is 1.28. The summed E-state index contributed by atoms with van der Waals surface area (Å²) in [6.45, 7) is 0. The quantitative estimate of drug-likeness (QED) is 0.608. The fraction of sp³-hybridized carbons (Fsp3) is 0.889. The van der Waals surface area contributed by atoms with E-state index in [1.807, 2.05) is 0 Å². The fourth-order valence-corrected chi connectivity index (χ4v) is 2.92. The summed E-state index contributed by atoms with van der Waals surface area (Å²) in [6.07, 6.45) is 6.41. The first-order valence-electron chi connectivity index (χ1n) is 4.83. The molecule has 0 aromatic rings. The van der Waals surface area contributed by atoms with E-state index < -0.39 is 0 Å². The summed E-state index contributed by atoms with van der Waals surface area (Å²) in [5.74, 6) is 1.61. The highest BCUT2D eigenvalue weighted by Crippen LogP contribution is 2.43. The molecule has 0 bridgehead atoms. The number of rotatable bonds is 1. The van der Waals surface area contributed by atoms with Gasteiger partial charge in [0.05, 0.1) is 0 Å². The Morgan fingerprint density at radius 2 is 2.08 bits per heavy atom. The molecule has 0 spiro atoms. The standard InChI is InChI=1S/C9H16N2O/c10-9(12)11-8-5-4-6-2-1-3-7(6)8/h6-8H,1-5H2,(H3,10,11,12). The van der Waals surface area contributed by atoms with E-state index in [0.717, 1.165) is 18.3 Å². The van der Waals surface area contributed by atoms with Gasteiger partial charge in [-0.15, -0.1) is 0 Å². The smallest absolute Gasteiger partial charge is 0.312 e. The maximum atomic E-state index is 10.7. The summed E-state index contributed by atoms with van der Waals surface area (Å²) in [5, 5.41) is 2.85. The number of primary amides is 1. The molecule has 2 fully saturated rings. The van der Waals surface area contributed by atoms with E-state index in [9.17, 15) is 4.79 Å². The largest absolute Gasteiger partial charge is 0.352 e. The van der Waals surface area contributed by atoms with Gasteiger partial charge in [-0.3, -0.25) is 0 Å². The first kappa shape index (κ1) is 7.90. The molecule has 0 aromatic heterocycles. The number of carbonyl (C=O) groups is 1. The molecule has 0 aromatic carbocycles. The van der Waals surface area contributed by atoms with Crippen molar-refractivity contribution in [2.24, 2.45) is 17.6 Å². The Labute approximate surface area is 72.7 Å². The van der Waals surface area contributed by atoms with Crippen LogP contribution in [0.2, 0.25) is 0 Å². The molecule has 12 heavy (non-hydrogen) atoms. The lowest BCUT2D eigenvalue weighted by Crippen LogP contribution is -2.40. The first-order valence-corrected chi connectivity index (χ1v) is 4.83. The second-order valence-corrected chi connectivity index (χ2v) is 4.05. The molecule has 2 rings (SSSR count). The zero-order valence-corrected chi connectivity index (χ0v) is 7.25. The van der Waals surface area contributed by atoms with Gasteiger partial charge in [0.15, 0.2) is 0 Å². The molecule has 0 saturated heterocycles. The zero-order valence-electron chi connectivity index (χ0n) is 7.25. The summed E-state index contributed by atoms with van der Waals surface area (Å²) in [6, 6.07) is 0.0301. The minimum absolute atomic E-state index is 0.354. The van der Waals surface area contributed by atoms with Crippen LogP contribution in [-0.4, -0.2) is 12.1 Å². The van der Waals surface area contributed by atoms with Crippen LogP contribution < -0.4 is 11.1 Å². The van der Waals surface area contributed by atoms with Crippen molar-refractivity contribution in [1.82, 2.24) is 5.32 Å². The van der Waals surface area contributed by atoms with Gasteiger partial charge in [0.1, 0.15) is 0 Å². The van der Waals surface area contributed by atoms with Gasteiger partial charge in [-0.2, -0.15) is 0 Å². The van der Waals surface area contributed by atoms with E-state index >= 15 is 0 Å². The number of fused-ring (bicyclic) bond motifs is 1. The maximum Gasteiger partial charge on any atom is 0.312 e. The molecule has 2 aliphatic rings. The van der Waals surface area contributed by atoms with Crippen LogP contribution in [0.3, 0.4) is 0 Å². The summed E-state index contributed by atoms with van der Waals surface area (Å²) < 4.78 is 0. The highest BCUT2D eigenvalue weighted by atomic mass is 16.2. The Hall–Kier alpha value is -0.730. The molecule has 2 aliphatic carbocycles. The Morgan fingerprint density at radius 1 is 1.25 bits per heavy atom. The summed E-state index contributed by atoms with van der Waals surface area (Å²) >= 11 is 0. The zero-order chi connectivity index (χ0) is 8.55. The number of hydrogen-bond acceptors (Lipinski definition) is 1. The molecule has 0 heterocycles. The second-order valence-electron chi connectivity index (χ2n) is 4.05. The third-order valence-corrected chi connectivity index (χ3v) is 3.41. The highest BCUT2D eigenvalue weighted by Gasteiger charge is 2.39. The van der Waals surface area contributed by atoms with Crippen LogP contribution in [-0.2, 0) is 0 Å². The van der Waals surface area contributed by atoms with E-state index in [2.05, 4.69) is 5.32 Å². The lowest BCUT2D eigenvalue weighted by molar-refractivity contribution is 0.240. The molecule has 0 radical (unpaired) electrons. The fourth-order valence-electron chi connectivity index (χ4n) is 2.92. The highest BCUT2D eigenvalue weighted by molar-refractivity contribution is 5.72. The number of nitrogens with one attached hydrogen (secondary N) is 1. The SMILES string of the molecule is NC(=O)NC1CCC2CCCC21. The van der Waals surface area contributed by atoms with Gasteiger partial charge >= 0.3 is 6.03 Å². The topological polar surface area (TPSA) is 55.1 Å². The van der Waals surface area contributed by atoms with Gasteiger partial charge in [-0.25, -0.2) is 4.79 Å². The Bertz CT molecular complexity index is 193. The number of nitrogens with two attached hydrogens (primary N) is 1. The van der Waals surface area contributed by atoms with Crippen LogP contribution in [0.4, 0.5) is 4.79 Å². The molecule has 3 atom stereocenters. The van der Waals surface area contributed by atoms with Crippen molar-refractivity contribution in [3.05, 3.63) is 0 Å². The van der Waals surface area contributed by atoms with Crippen LogP contribution in [0, 0.1) is 11.8 Å². The van der Waals surface area contributed by atoms with Crippen LogP contribution in [0.15, 0.2) is 0 Å². The Morgan fingerprint density at radius 3 is 2.83 bits per heavy atom. The van der Waals surface area contributed by atoms with Crippen molar-refractivity contribution in [2.45, 2.75) is 38.1 Å². The molecule has 2 saturated carbocycles. The molecule has 3 nitrogen and oxygen atoms in total. The molecular weight excluding hydrogens is 152 g/mol. The van der Waals surface area contributed by atoms with Crippen LogP contribution in [0.1, 0.15) is 32.1 Å². The summed E-state index contributed by atoms with van der Waals surface area (Å²) in [5.41, 5.74) is 5.11. The average Bonchev–Trinajstić information content (AvgIpc) is 2.52. The van der Waals surface area contributed by atoms with Crippen molar-refractivity contribution < 1.29 is 4.79 Å². The van der Waals surface area contributed by atoms with E-state index in [-0.39, 0.29) is 6.03 Å². The molecule has 3 heteroatoms. The predicted molar refractivity (Wildman–Crippen MR) is 46.6 cm³/mol. The van der Waals surface area contributed by atoms with Crippen LogP contribution in [0.5, 0.6) is 0 Å². The lowest BCUT2D eigenvalue weighted by atomic mass is 9.98. The lowest BCUT2D eigenvalue weighted by Gasteiger charge is -2.18. The third-order valence-electron chi connectivity index (χ3n) is 3.41. The van der Waals surface area contributed by atoms with Crippen molar-refractivity contribution >= 4 is 6.03 Å². The molecule has 0 aliphatic heterocycles. The average molecular weight is 168 g/mol. The Kier molecular flexibility index (Phi) is 1.95. The van der Waals surface area contributed by atoms with E-state index in [1.54, 1.807) is 0 Å². The summed E-state index contributed by atoms with van der Waals surface area (Å²) in [7, 11) is 0. The molecule has 68 valence electrons. The molecule has 2 amide bonds. The monoisotopic (exact) mass is 168 g/mol. The summed E-state index contributed by atoms with van der Waals surface area (Å²) in [4.78, 5) is 10.7. The minimum atomic E-state index is -0.354. The van der Waals surface area contributed by atoms with Crippen molar-refractivity contribution in [3.63, 3.8) is 0 Å². The normalized spacial score (nSPS) is 39.5. The van der Waals surface area contributed by atoms with Gasteiger partial charge < -0.3 is 11.1 Å². The first-order chi connectivity index (χ1) is 5.77. The maximum absolute atomic E-state index is 10.7. The molecule has 3 N–H and O–H groups in total. The minimum Gasteiger partial charge on any atom is -0.352 e. The van der Waals surface area contributed by atoms with Gasteiger partial charge in [-0.05, 0) is 31.1 Å². The number of carbonyl (C=O) groups excluding carboxylic acids is 1. The van der Waals surface area contributed by atoms with E-state index in [1.165, 1.54) is 25.7 Å². The Balaban J connectivity index is 1.95. The van der Waals surface area contributed by atoms with Crippen molar-refractivity contribution in [1.29, 1.82) is 0 Å². The van der Waals surface area contributed by atoms with Gasteiger partial charge in [-0.1, -0.05) is 12.8 Å². The number of urea groups is 1. The molecule has 3 unspecified atom stereocenters. The second kappa shape index (κ2) is 2.96. The van der Waals surface area contributed by atoms with Crippen molar-refractivity contribution in [3.8, 4) is 0 Å². The van der Waals surface area contributed by atoms with Crippen molar-refractivity contribution in [2.75, 3.05) is 0 Å². The van der Waals surface area contributed by atoms with Crippen LogP contribution in [0.25, 0.3) is 0 Å². The predicted octanol–water partition coefficient (Wildman–Crippen LogP) is 1.23. The van der Waals surface area contributed by atoms with Gasteiger partial charge in [0, 0.05) is 6.04 Å². The van der Waals surface area contributed by atoms with E-state index in [4.69, 9.17) is 5.73 Å². The molecular formula is C9H16N2O.